The van der Waals surface area contributed by atoms with Gasteiger partial charge in [-0.2, -0.15) is 0 Å². The van der Waals surface area contributed by atoms with Crippen LogP contribution in [0.1, 0.15) is 60.5 Å². The molecule has 2 aromatic carbocycles. The first-order valence-electron chi connectivity index (χ1n) is 14.1. The first kappa shape index (κ1) is 30.6. The average molecular weight is 620 g/mol. The molecule has 2 atom stereocenters. The number of hydrogen-bond acceptors (Lipinski definition) is 7. The normalized spacial score (nSPS) is 16.8. The molecule has 0 unspecified atom stereocenters. The third-order valence-corrected chi connectivity index (χ3v) is 7.85. The quantitative estimate of drug-likeness (QED) is 0.246. The van der Waals surface area contributed by atoms with Crippen molar-refractivity contribution in [3.05, 3.63) is 82.6 Å². The summed E-state index contributed by atoms with van der Waals surface area (Å²) in [6, 6.07) is 12.9. The molecule has 3 amide bonds. The third kappa shape index (κ3) is 6.55. The van der Waals surface area contributed by atoms with E-state index in [0.29, 0.717) is 47.6 Å². The Kier molecular flexibility index (Phi) is 9.19. The van der Waals surface area contributed by atoms with Crippen LogP contribution in [-0.2, 0) is 9.53 Å². The Balaban J connectivity index is 1.48. The summed E-state index contributed by atoms with van der Waals surface area (Å²) in [5.41, 5.74) is 3.50. The lowest BCUT2D eigenvalue weighted by Gasteiger charge is -2.19. The summed E-state index contributed by atoms with van der Waals surface area (Å²) in [4.78, 5) is 43.0. The van der Waals surface area contributed by atoms with Gasteiger partial charge in [0.2, 0.25) is 5.91 Å². The fraction of sp³-hybridized carbons (Fsp3) is 0.290. The maximum atomic E-state index is 14.7. The summed E-state index contributed by atoms with van der Waals surface area (Å²) in [6.45, 7) is 3.49. The molecule has 0 spiro atoms. The SMILES string of the molecule is COC(=O)Nc1ccc2c(c1)NC(=O)[C@H](C)CCCC[C@H](NC(=O)c1nnn(-c3cccc(Cl)c3F)c1C)c1cc-2ccn1. The van der Waals surface area contributed by atoms with Crippen LogP contribution >= 0.6 is 11.6 Å². The van der Waals surface area contributed by atoms with Crippen LogP contribution in [-0.4, -0.2) is 45.0 Å². The van der Waals surface area contributed by atoms with E-state index >= 15 is 0 Å². The van der Waals surface area contributed by atoms with Crippen molar-refractivity contribution in [2.45, 2.75) is 45.6 Å². The summed E-state index contributed by atoms with van der Waals surface area (Å²) in [7, 11) is 1.27. The topological polar surface area (TPSA) is 140 Å². The lowest BCUT2D eigenvalue weighted by Crippen LogP contribution is -2.30. The number of anilines is 2. The average Bonchev–Trinajstić information content (AvgIpc) is 3.40. The predicted octanol–water partition coefficient (Wildman–Crippen LogP) is 6.23. The predicted molar refractivity (Wildman–Crippen MR) is 163 cm³/mol. The number of aromatic nitrogens is 4. The standard InChI is InChI=1S/C31H31ClFN7O4/c1-17-7-4-5-9-23(36-30(42)28-18(2)40(39-38-28)26-10-6-8-22(32)27(26)33)25-15-19(13-14-34-25)21-12-11-20(35-31(43)44-3)16-24(21)37-29(17)41/h6,8,10-17,23H,4-5,7,9H2,1-3H3,(H,35,43)(H,36,42)(H,37,41)/t17-,23+/m1/s1. The summed E-state index contributed by atoms with van der Waals surface area (Å²) in [5.74, 6) is -1.57. The van der Waals surface area contributed by atoms with E-state index in [4.69, 9.17) is 16.3 Å². The Morgan fingerprint density at radius 2 is 1.93 bits per heavy atom. The largest absolute Gasteiger partial charge is 0.453 e. The number of amides is 3. The monoisotopic (exact) mass is 619 g/mol. The molecule has 3 heterocycles. The summed E-state index contributed by atoms with van der Waals surface area (Å²) < 4.78 is 20.6. The molecule has 2 bridgehead atoms. The number of methoxy groups -OCH3 is 1. The summed E-state index contributed by atoms with van der Waals surface area (Å²) in [6.07, 6.45) is 3.65. The van der Waals surface area contributed by atoms with Crippen molar-refractivity contribution in [2.24, 2.45) is 5.92 Å². The van der Waals surface area contributed by atoms with Gasteiger partial charge in [0, 0.05) is 23.4 Å². The van der Waals surface area contributed by atoms with Crippen LogP contribution in [0.2, 0.25) is 5.02 Å². The van der Waals surface area contributed by atoms with E-state index in [1.165, 1.54) is 23.9 Å². The van der Waals surface area contributed by atoms with Gasteiger partial charge in [-0.25, -0.2) is 13.9 Å². The Bertz CT molecular complexity index is 1730. The van der Waals surface area contributed by atoms with Crippen molar-refractivity contribution in [1.82, 2.24) is 25.3 Å². The fourth-order valence-electron chi connectivity index (χ4n) is 5.08. The van der Waals surface area contributed by atoms with Crippen LogP contribution in [0.4, 0.5) is 20.6 Å². The Labute approximate surface area is 258 Å². The molecule has 0 aliphatic carbocycles. The second kappa shape index (κ2) is 13.2. The molecule has 11 nitrogen and oxygen atoms in total. The van der Waals surface area contributed by atoms with Crippen molar-refractivity contribution >= 4 is 40.9 Å². The number of fused-ring (bicyclic) bond motifs is 4. The van der Waals surface area contributed by atoms with E-state index in [-0.39, 0.29) is 28.2 Å². The Morgan fingerprint density at radius 3 is 2.73 bits per heavy atom. The number of nitrogens with one attached hydrogen (secondary N) is 3. The van der Waals surface area contributed by atoms with Gasteiger partial charge in [-0.3, -0.25) is 19.9 Å². The van der Waals surface area contributed by atoms with E-state index in [1.54, 1.807) is 43.5 Å². The number of carbonyl (C=O) groups excluding carboxylic acids is 3. The number of ether oxygens (including phenoxy) is 1. The number of rotatable bonds is 4. The van der Waals surface area contributed by atoms with Crippen molar-refractivity contribution in [3.63, 3.8) is 0 Å². The van der Waals surface area contributed by atoms with Crippen LogP contribution in [0.5, 0.6) is 0 Å². The molecule has 2 aromatic heterocycles. The minimum absolute atomic E-state index is 0.0443. The van der Waals surface area contributed by atoms with Gasteiger partial charge in [0.05, 0.1) is 35.2 Å². The lowest BCUT2D eigenvalue weighted by molar-refractivity contribution is -0.119. The first-order valence-corrected chi connectivity index (χ1v) is 14.5. The fourth-order valence-corrected chi connectivity index (χ4v) is 5.25. The van der Waals surface area contributed by atoms with E-state index < -0.39 is 23.9 Å². The zero-order chi connectivity index (χ0) is 31.4. The van der Waals surface area contributed by atoms with E-state index in [1.807, 2.05) is 13.0 Å². The summed E-state index contributed by atoms with van der Waals surface area (Å²) >= 11 is 5.95. The highest BCUT2D eigenvalue weighted by molar-refractivity contribution is 6.30. The Hall–Kier alpha value is -4.84. The molecule has 44 heavy (non-hydrogen) atoms. The first-order chi connectivity index (χ1) is 21.2. The number of hydrogen-bond donors (Lipinski definition) is 3. The number of carbonyl (C=O) groups is 3. The molecule has 0 radical (unpaired) electrons. The van der Waals surface area contributed by atoms with Crippen LogP contribution < -0.4 is 16.0 Å². The smallest absolute Gasteiger partial charge is 0.411 e. The van der Waals surface area contributed by atoms with E-state index in [2.05, 4.69) is 31.2 Å². The highest BCUT2D eigenvalue weighted by atomic mass is 35.5. The molecule has 1 aliphatic rings. The van der Waals surface area contributed by atoms with Gasteiger partial charge in [0.1, 0.15) is 5.69 Å². The van der Waals surface area contributed by atoms with Crippen LogP contribution in [0, 0.1) is 18.7 Å². The molecule has 5 rings (SSSR count). The van der Waals surface area contributed by atoms with Crippen molar-refractivity contribution in [3.8, 4) is 16.8 Å². The molecule has 0 saturated carbocycles. The second-order valence-electron chi connectivity index (χ2n) is 10.6. The van der Waals surface area contributed by atoms with Gasteiger partial charge >= 0.3 is 6.09 Å². The highest BCUT2D eigenvalue weighted by Gasteiger charge is 2.25. The second-order valence-corrected chi connectivity index (χ2v) is 11.0. The van der Waals surface area contributed by atoms with Crippen molar-refractivity contribution < 1.29 is 23.5 Å². The molecular formula is C31H31ClFN7O4. The van der Waals surface area contributed by atoms with E-state index in [9.17, 15) is 18.8 Å². The Morgan fingerprint density at radius 1 is 1.14 bits per heavy atom. The third-order valence-electron chi connectivity index (χ3n) is 7.56. The zero-order valence-electron chi connectivity index (χ0n) is 24.4. The molecular weight excluding hydrogens is 589 g/mol. The van der Waals surface area contributed by atoms with Gasteiger partial charge in [-0.1, -0.05) is 48.7 Å². The van der Waals surface area contributed by atoms with Crippen molar-refractivity contribution in [1.29, 1.82) is 0 Å². The number of pyridine rings is 1. The molecule has 3 N–H and O–H groups in total. The number of nitrogens with zero attached hydrogens (tertiary/aromatic N) is 4. The number of halogens is 2. The van der Waals surface area contributed by atoms with Crippen molar-refractivity contribution in [2.75, 3.05) is 17.7 Å². The molecule has 1 aliphatic heterocycles. The molecule has 4 aromatic rings. The van der Waals surface area contributed by atoms with Gasteiger partial charge < -0.3 is 15.4 Å². The zero-order valence-corrected chi connectivity index (χ0v) is 25.1. The van der Waals surface area contributed by atoms with Gasteiger partial charge in [-0.15, -0.1) is 5.10 Å². The highest BCUT2D eigenvalue weighted by Crippen LogP contribution is 2.34. The maximum Gasteiger partial charge on any atom is 0.411 e. The molecule has 13 heteroatoms. The van der Waals surface area contributed by atoms with Crippen LogP contribution in [0.3, 0.4) is 0 Å². The van der Waals surface area contributed by atoms with Gasteiger partial charge in [0.15, 0.2) is 11.5 Å². The minimum Gasteiger partial charge on any atom is -0.453 e. The van der Waals surface area contributed by atoms with Gasteiger partial charge in [0.25, 0.3) is 5.91 Å². The molecule has 0 fully saturated rings. The molecule has 228 valence electrons. The molecule has 0 saturated heterocycles. The van der Waals surface area contributed by atoms with Gasteiger partial charge in [-0.05, 0) is 61.7 Å². The van der Waals surface area contributed by atoms with Crippen LogP contribution in [0.15, 0.2) is 54.7 Å². The lowest BCUT2D eigenvalue weighted by atomic mass is 9.98. The maximum absolute atomic E-state index is 14.7. The number of benzene rings is 2. The van der Waals surface area contributed by atoms with E-state index in [0.717, 1.165) is 12.0 Å². The van der Waals surface area contributed by atoms with Crippen LogP contribution in [0.25, 0.3) is 16.8 Å². The summed E-state index contributed by atoms with van der Waals surface area (Å²) in [5, 5.41) is 16.7. The minimum atomic E-state index is -0.666.